The van der Waals surface area contributed by atoms with E-state index in [0.717, 1.165) is 0 Å². The van der Waals surface area contributed by atoms with E-state index in [1.165, 1.54) is 6.08 Å². The summed E-state index contributed by atoms with van der Waals surface area (Å²) in [6.45, 7) is 1.60. The second kappa shape index (κ2) is 3.19. The second-order valence-corrected chi connectivity index (χ2v) is 2.25. The van der Waals surface area contributed by atoms with E-state index in [0.29, 0.717) is 11.3 Å². The van der Waals surface area contributed by atoms with Gasteiger partial charge in [-0.3, -0.25) is 0 Å². The zero-order chi connectivity index (χ0) is 8.27. The largest absolute Gasteiger partial charge is 0.792 e. The Morgan fingerprint density at radius 2 is 2.55 bits per heavy atom. The number of hydrogen-bond donors (Lipinski definition) is 1. The highest BCUT2D eigenvalue weighted by Crippen LogP contribution is 2.05. The van der Waals surface area contributed by atoms with Crippen molar-refractivity contribution in [3.8, 4) is 0 Å². The van der Waals surface area contributed by atoms with Gasteiger partial charge in [0.1, 0.15) is 0 Å². The lowest BCUT2D eigenvalue weighted by molar-refractivity contribution is 0.271. The maximum Gasteiger partial charge on any atom is 0.0979 e. The monoisotopic (exact) mass is 150 g/mol. The third-order valence-electron chi connectivity index (χ3n) is 1.40. The summed E-state index contributed by atoms with van der Waals surface area (Å²) in [7, 11) is 0. The van der Waals surface area contributed by atoms with Crippen LogP contribution in [0.4, 0.5) is 0 Å². The molecule has 0 fully saturated rings. The fourth-order valence-corrected chi connectivity index (χ4v) is 0.748. The predicted octanol–water partition coefficient (Wildman–Crippen LogP) is 0.957. The minimum absolute atomic E-state index is 0.379. The summed E-state index contributed by atoms with van der Waals surface area (Å²) in [6, 6.07) is 0. The summed E-state index contributed by atoms with van der Waals surface area (Å²) in [4.78, 5) is 0. The molecule has 3 heteroatoms. The quantitative estimate of drug-likeness (QED) is 0.344. The van der Waals surface area contributed by atoms with Crippen LogP contribution in [0.1, 0.15) is 6.92 Å². The molecule has 1 rings (SSSR count). The van der Waals surface area contributed by atoms with Crippen LogP contribution in [0.15, 0.2) is 34.7 Å². The maximum atomic E-state index is 10.0. The second-order valence-electron chi connectivity index (χ2n) is 2.25. The van der Waals surface area contributed by atoms with Crippen molar-refractivity contribution in [1.82, 2.24) is 0 Å². The Balaban J connectivity index is 2.93. The van der Waals surface area contributed by atoms with Crippen molar-refractivity contribution < 1.29 is 5.11 Å². The summed E-state index contributed by atoms with van der Waals surface area (Å²) in [5.41, 5.74) is 3.75. The smallest absolute Gasteiger partial charge is 0.0979 e. The molecule has 3 nitrogen and oxygen atoms in total. The van der Waals surface area contributed by atoms with Crippen LogP contribution in [0.2, 0.25) is 0 Å². The van der Waals surface area contributed by atoms with Crippen LogP contribution in [0.5, 0.6) is 0 Å². The molecule has 0 aromatic heterocycles. The highest BCUT2D eigenvalue weighted by atomic mass is 16.4. The Morgan fingerprint density at radius 1 is 1.82 bits per heavy atom. The molecule has 0 aliphatic heterocycles. The van der Waals surface area contributed by atoms with Crippen molar-refractivity contribution in [2.24, 2.45) is 5.16 Å². The van der Waals surface area contributed by atoms with Crippen LogP contribution in [0.25, 0.3) is 0 Å². The van der Waals surface area contributed by atoms with Crippen molar-refractivity contribution >= 4 is 5.71 Å². The number of aliphatic hydroxyl groups is 1. The minimum Gasteiger partial charge on any atom is -0.792 e. The Bertz CT molecular complexity index is 270. The molecule has 0 amide bonds. The van der Waals surface area contributed by atoms with Crippen molar-refractivity contribution in [2.75, 3.05) is 0 Å². The molecule has 1 aliphatic rings. The molecular formula is C8H8NO2-. The maximum absolute atomic E-state index is 10.0. The van der Waals surface area contributed by atoms with E-state index in [1.54, 1.807) is 19.1 Å². The molecule has 0 radical (unpaired) electrons. The first-order valence-corrected chi connectivity index (χ1v) is 3.24. The van der Waals surface area contributed by atoms with Gasteiger partial charge in [0.2, 0.25) is 0 Å². The van der Waals surface area contributed by atoms with Crippen molar-refractivity contribution in [3.63, 3.8) is 0 Å². The molecule has 0 aromatic rings. The molecule has 1 atom stereocenters. The van der Waals surface area contributed by atoms with Crippen LogP contribution in [0, 0.1) is 5.21 Å². The average Bonchev–Trinajstić information content (AvgIpc) is 2.05. The van der Waals surface area contributed by atoms with E-state index in [1.807, 2.05) is 0 Å². The number of nitrogens with zero attached hydrogens (tertiary/aromatic N) is 1. The van der Waals surface area contributed by atoms with Gasteiger partial charge in [-0.2, -0.15) is 0 Å². The van der Waals surface area contributed by atoms with Crippen LogP contribution >= 0.6 is 0 Å². The van der Waals surface area contributed by atoms with E-state index < -0.39 is 6.10 Å². The fraction of sp³-hybridized carbons (Fsp3) is 0.250. The highest BCUT2D eigenvalue weighted by Gasteiger charge is 2.00. The molecule has 0 saturated heterocycles. The standard InChI is InChI=1S/C8H9NO2/c1-6(9-11)7-2-4-8(10)5-3-7/h2,4-5,8,10-11H,1H3/p-1/b9-6+. The number of hydrogen-bond acceptors (Lipinski definition) is 3. The average molecular weight is 150 g/mol. The first kappa shape index (κ1) is 7.79. The summed E-state index contributed by atoms with van der Waals surface area (Å²) in [6.07, 6.45) is 4.09. The summed E-state index contributed by atoms with van der Waals surface area (Å²) in [5.74, 6) is 0. The number of allylic oxidation sites excluding steroid dienone is 1. The van der Waals surface area contributed by atoms with Gasteiger partial charge in [-0.05, 0) is 19.1 Å². The Kier molecular flexibility index (Phi) is 2.26. The zero-order valence-corrected chi connectivity index (χ0v) is 6.11. The molecular weight excluding hydrogens is 142 g/mol. The first-order valence-electron chi connectivity index (χ1n) is 3.24. The van der Waals surface area contributed by atoms with Gasteiger partial charge in [-0.25, -0.2) is 0 Å². The lowest BCUT2D eigenvalue weighted by Crippen LogP contribution is -2.02. The molecule has 0 bridgehead atoms. The Morgan fingerprint density at radius 3 is 3.00 bits per heavy atom. The molecule has 1 unspecified atom stereocenters. The van der Waals surface area contributed by atoms with Crippen LogP contribution in [0.3, 0.4) is 0 Å². The van der Waals surface area contributed by atoms with Gasteiger partial charge in [0, 0.05) is 11.3 Å². The summed E-state index contributed by atoms with van der Waals surface area (Å²) < 4.78 is 0. The molecule has 0 spiro atoms. The molecule has 1 aliphatic carbocycles. The van der Waals surface area contributed by atoms with Crippen LogP contribution < -0.4 is 0 Å². The third-order valence-corrected chi connectivity index (χ3v) is 1.40. The summed E-state index contributed by atoms with van der Waals surface area (Å²) >= 11 is 0. The van der Waals surface area contributed by atoms with Gasteiger partial charge in [0.25, 0.3) is 0 Å². The van der Waals surface area contributed by atoms with Gasteiger partial charge >= 0.3 is 0 Å². The van der Waals surface area contributed by atoms with E-state index in [-0.39, 0.29) is 0 Å². The predicted molar refractivity (Wildman–Crippen MR) is 43.2 cm³/mol. The molecule has 1 N–H and O–H groups in total. The molecule has 11 heavy (non-hydrogen) atoms. The Labute approximate surface area is 64.7 Å². The lowest BCUT2D eigenvalue weighted by Gasteiger charge is -2.05. The van der Waals surface area contributed by atoms with Gasteiger partial charge in [-0.15, -0.1) is 5.73 Å². The van der Waals surface area contributed by atoms with Gasteiger partial charge in [-0.1, -0.05) is 6.08 Å². The molecule has 0 heterocycles. The number of aliphatic hydroxyl groups excluding tert-OH is 1. The molecule has 0 aromatic carbocycles. The molecule has 58 valence electrons. The van der Waals surface area contributed by atoms with Gasteiger partial charge in [0.15, 0.2) is 0 Å². The highest BCUT2D eigenvalue weighted by molar-refractivity contribution is 6.00. The normalized spacial score (nSPS) is 23.6. The van der Waals surface area contributed by atoms with Crippen molar-refractivity contribution in [2.45, 2.75) is 13.0 Å². The number of rotatable bonds is 1. The van der Waals surface area contributed by atoms with E-state index in [4.69, 9.17) is 5.11 Å². The van der Waals surface area contributed by atoms with Gasteiger partial charge < -0.3 is 15.5 Å². The van der Waals surface area contributed by atoms with Gasteiger partial charge in [0.05, 0.1) is 6.10 Å². The summed E-state index contributed by atoms with van der Waals surface area (Å²) in [5, 5.41) is 21.7. The fourth-order valence-electron chi connectivity index (χ4n) is 0.748. The first-order chi connectivity index (χ1) is 5.24. The Hall–Kier alpha value is -1.31. The minimum atomic E-state index is -0.585. The van der Waals surface area contributed by atoms with Crippen molar-refractivity contribution in [3.05, 3.63) is 34.7 Å². The lowest BCUT2D eigenvalue weighted by atomic mass is 10.1. The van der Waals surface area contributed by atoms with Crippen LogP contribution in [-0.4, -0.2) is 16.9 Å². The molecule has 0 saturated carbocycles. The van der Waals surface area contributed by atoms with E-state index in [9.17, 15) is 5.21 Å². The van der Waals surface area contributed by atoms with Crippen LogP contribution in [-0.2, 0) is 0 Å². The zero-order valence-electron chi connectivity index (χ0n) is 6.11. The van der Waals surface area contributed by atoms with E-state index in [2.05, 4.69) is 10.9 Å². The van der Waals surface area contributed by atoms with E-state index >= 15 is 0 Å². The topological polar surface area (TPSA) is 55.7 Å². The van der Waals surface area contributed by atoms with Crippen molar-refractivity contribution in [1.29, 1.82) is 0 Å². The SMILES string of the molecule is C/C(=N\[O-])C1=C=CC(O)C=C1. The third kappa shape index (κ3) is 1.80.